The van der Waals surface area contributed by atoms with Gasteiger partial charge in [0.2, 0.25) is 0 Å². The molecule has 0 spiro atoms. The standard InChI is InChI=1S/C15H23BrN2/c1-2-18(11-12-4-3-5-12)15-10-14(16)7-6-13(15)8-9-17/h6-7,10,12H,2-5,8-9,11,17H2,1H3. The van der Waals surface area contributed by atoms with E-state index in [2.05, 4.69) is 46.0 Å². The zero-order valence-corrected chi connectivity index (χ0v) is 12.7. The van der Waals surface area contributed by atoms with Crippen LogP contribution in [0.1, 0.15) is 31.7 Å². The topological polar surface area (TPSA) is 29.3 Å². The van der Waals surface area contributed by atoms with Gasteiger partial charge in [-0.3, -0.25) is 0 Å². The zero-order valence-electron chi connectivity index (χ0n) is 11.2. The van der Waals surface area contributed by atoms with Crippen molar-refractivity contribution in [1.82, 2.24) is 0 Å². The minimum Gasteiger partial charge on any atom is -0.371 e. The molecule has 0 atom stereocenters. The third kappa shape index (κ3) is 3.27. The van der Waals surface area contributed by atoms with Gasteiger partial charge in [-0.2, -0.15) is 0 Å². The summed E-state index contributed by atoms with van der Waals surface area (Å²) in [6, 6.07) is 6.56. The Balaban J connectivity index is 2.18. The van der Waals surface area contributed by atoms with Gasteiger partial charge >= 0.3 is 0 Å². The summed E-state index contributed by atoms with van der Waals surface area (Å²) >= 11 is 3.58. The zero-order chi connectivity index (χ0) is 13.0. The van der Waals surface area contributed by atoms with Crippen molar-refractivity contribution in [3.63, 3.8) is 0 Å². The molecular formula is C15H23BrN2. The Labute approximate surface area is 119 Å². The highest BCUT2D eigenvalue weighted by molar-refractivity contribution is 9.10. The van der Waals surface area contributed by atoms with Gasteiger partial charge in [-0.15, -0.1) is 0 Å². The summed E-state index contributed by atoms with van der Waals surface area (Å²) in [7, 11) is 0. The van der Waals surface area contributed by atoms with E-state index in [1.54, 1.807) is 0 Å². The van der Waals surface area contributed by atoms with Crippen LogP contribution in [-0.4, -0.2) is 19.6 Å². The molecule has 2 nitrogen and oxygen atoms in total. The second-order valence-electron chi connectivity index (χ2n) is 5.15. The van der Waals surface area contributed by atoms with Crippen LogP contribution in [-0.2, 0) is 6.42 Å². The van der Waals surface area contributed by atoms with Crippen LogP contribution in [0.2, 0.25) is 0 Å². The van der Waals surface area contributed by atoms with Crippen LogP contribution < -0.4 is 10.6 Å². The molecule has 0 unspecified atom stereocenters. The smallest absolute Gasteiger partial charge is 0.0410 e. The monoisotopic (exact) mass is 310 g/mol. The summed E-state index contributed by atoms with van der Waals surface area (Å²) in [5.41, 5.74) is 8.46. The van der Waals surface area contributed by atoms with Gasteiger partial charge in [0.25, 0.3) is 0 Å². The molecule has 1 aliphatic rings. The molecule has 18 heavy (non-hydrogen) atoms. The largest absolute Gasteiger partial charge is 0.371 e. The number of hydrogen-bond acceptors (Lipinski definition) is 2. The van der Waals surface area contributed by atoms with Gasteiger partial charge < -0.3 is 10.6 Å². The third-order valence-corrected chi connectivity index (χ3v) is 4.38. The van der Waals surface area contributed by atoms with E-state index in [1.165, 1.54) is 37.1 Å². The van der Waals surface area contributed by atoms with Gasteiger partial charge in [-0.05, 0) is 56.3 Å². The van der Waals surface area contributed by atoms with Crippen molar-refractivity contribution >= 4 is 21.6 Å². The molecule has 100 valence electrons. The molecule has 1 fully saturated rings. The molecule has 3 heteroatoms. The lowest BCUT2D eigenvalue weighted by Crippen LogP contribution is -2.33. The molecule has 1 aromatic carbocycles. The maximum Gasteiger partial charge on any atom is 0.0410 e. The van der Waals surface area contributed by atoms with Crippen LogP contribution in [0.25, 0.3) is 0 Å². The van der Waals surface area contributed by atoms with Crippen molar-refractivity contribution in [2.24, 2.45) is 11.7 Å². The highest BCUT2D eigenvalue weighted by Crippen LogP contribution is 2.31. The fraction of sp³-hybridized carbons (Fsp3) is 0.600. The molecular weight excluding hydrogens is 288 g/mol. The maximum absolute atomic E-state index is 5.72. The highest BCUT2D eigenvalue weighted by Gasteiger charge is 2.21. The predicted molar refractivity (Wildman–Crippen MR) is 82.1 cm³/mol. The molecule has 1 aliphatic carbocycles. The van der Waals surface area contributed by atoms with Crippen LogP contribution >= 0.6 is 15.9 Å². The molecule has 0 aromatic heterocycles. The average Bonchev–Trinajstić information content (AvgIpc) is 2.31. The van der Waals surface area contributed by atoms with Crippen LogP contribution in [0.5, 0.6) is 0 Å². The predicted octanol–water partition coefficient (Wildman–Crippen LogP) is 3.58. The SMILES string of the molecule is CCN(CC1CCC1)c1cc(Br)ccc1CCN. The molecule has 0 heterocycles. The fourth-order valence-electron chi connectivity index (χ4n) is 2.58. The first-order valence-electron chi connectivity index (χ1n) is 6.98. The van der Waals surface area contributed by atoms with Crippen molar-refractivity contribution in [2.45, 2.75) is 32.6 Å². The Bertz CT molecular complexity index is 388. The fourth-order valence-corrected chi connectivity index (χ4v) is 2.93. The van der Waals surface area contributed by atoms with Crippen LogP contribution in [0.4, 0.5) is 5.69 Å². The number of hydrogen-bond donors (Lipinski definition) is 1. The summed E-state index contributed by atoms with van der Waals surface area (Å²) in [6.45, 7) is 5.23. The van der Waals surface area contributed by atoms with Crippen molar-refractivity contribution < 1.29 is 0 Å². The van der Waals surface area contributed by atoms with E-state index in [0.29, 0.717) is 0 Å². The second kappa shape index (κ2) is 6.58. The summed E-state index contributed by atoms with van der Waals surface area (Å²) < 4.78 is 1.16. The molecule has 1 saturated carbocycles. The van der Waals surface area contributed by atoms with E-state index >= 15 is 0 Å². The van der Waals surface area contributed by atoms with Crippen molar-refractivity contribution in [1.29, 1.82) is 0 Å². The Kier molecular flexibility index (Phi) is 5.07. The number of benzene rings is 1. The molecule has 0 bridgehead atoms. The maximum atomic E-state index is 5.72. The lowest BCUT2D eigenvalue weighted by atomic mass is 9.85. The number of rotatable bonds is 6. The first kappa shape index (κ1) is 13.9. The minimum atomic E-state index is 0.718. The average molecular weight is 311 g/mol. The van der Waals surface area contributed by atoms with Crippen molar-refractivity contribution in [3.05, 3.63) is 28.2 Å². The van der Waals surface area contributed by atoms with Gasteiger partial charge in [-0.1, -0.05) is 28.4 Å². The third-order valence-electron chi connectivity index (χ3n) is 3.89. The van der Waals surface area contributed by atoms with E-state index in [4.69, 9.17) is 5.73 Å². The number of anilines is 1. The van der Waals surface area contributed by atoms with Crippen LogP contribution in [0, 0.1) is 5.92 Å². The quantitative estimate of drug-likeness (QED) is 0.870. The first-order chi connectivity index (χ1) is 8.74. The molecule has 2 rings (SSSR count). The van der Waals surface area contributed by atoms with Crippen LogP contribution in [0.15, 0.2) is 22.7 Å². The van der Waals surface area contributed by atoms with E-state index in [-0.39, 0.29) is 0 Å². The number of halogens is 1. The van der Waals surface area contributed by atoms with Gasteiger partial charge in [-0.25, -0.2) is 0 Å². The number of nitrogens with two attached hydrogens (primary N) is 1. The van der Waals surface area contributed by atoms with E-state index < -0.39 is 0 Å². The minimum absolute atomic E-state index is 0.718. The molecule has 0 radical (unpaired) electrons. The molecule has 0 saturated heterocycles. The molecule has 0 amide bonds. The Morgan fingerprint density at radius 1 is 1.39 bits per heavy atom. The van der Waals surface area contributed by atoms with Crippen molar-refractivity contribution in [3.8, 4) is 0 Å². The summed E-state index contributed by atoms with van der Waals surface area (Å²) in [5, 5.41) is 0. The second-order valence-corrected chi connectivity index (χ2v) is 6.06. The lowest BCUT2D eigenvalue weighted by molar-refractivity contribution is 0.318. The van der Waals surface area contributed by atoms with E-state index in [0.717, 1.165) is 29.9 Å². The lowest BCUT2D eigenvalue weighted by Gasteiger charge is -2.34. The first-order valence-corrected chi connectivity index (χ1v) is 7.77. The van der Waals surface area contributed by atoms with Gasteiger partial charge in [0.1, 0.15) is 0 Å². The highest BCUT2D eigenvalue weighted by atomic mass is 79.9. The number of nitrogens with zero attached hydrogens (tertiary/aromatic N) is 1. The van der Waals surface area contributed by atoms with Gasteiger partial charge in [0, 0.05) is 23.2 Å². The van der Waals surface area contributed by atoms with Crippen molar-refractivity contribution in [2.75, 3.05) is 24.5 Å². The van der Waals surface area contributed by atoms with E-state index in [1.807, 2.05) is 0 Å². The Morgan fingerprint density at radius 2 is 2.17 bits per heavy atom. The van der Waals surface area contributed by atoms with E-state index in [9.17, 15) is 0 Å². The summed E-state index contributed by atoms with van der Waals surface area (Å²) in [6.07, 6.45) is 5.17. The van der Waals surface area contributed by atoms with Crippen LogP contribution in [0.3, 0.4) is 0 Å². The van der Waals surface area contributed by atoms with Gasteiger partial charge in [0.15, 0.2) is 0 Å². The van der Waals surface area contributed by atoms with Gasteiger partial charge in [0.05, 0.1) is 0 Å². The Morgan fingerprint density at radius 3 is 2.72 bits per heavy atom. The molecule has 2 N–H and O–H groups in total. The summed E-state index contributed by atoms with van der Waals surface area (Å²) in [5.74, 6) is 0.898. The Hall–Kier alpha value is -0.540. The normalized spacial score (nSPS) is 15.5. The molecule has 0 aliphatic heterocycles. The summed E-state index contributed by atoms with van der Waals surface area (Å²) in [4.78, 5) is 2.51. The molecule has 1 aromatic rings.